The highest BCUT2D eigenvalue weighted by Crippen LogP contribution is 2.26. The first-order chi connectivity index (χ1) is 8.90. The molecular weight excluding hydrogens is 262 g/mol. The largest absolute Gasteiger partial charge is 0.358 e. The van der Waals surface area contributed by atoms with Crippen LogP contribution in [0.3, 0.4) is 0 Å². The van der Waals surface area contributed by atoms with E-state index in [1.54, 1.807) is 0 Å². The zero-order valence-electron chi connectivity index (χ0n) is 11.5. The molecule has 6 heteroatoms. The molecule has 5 nitrogen and oxygen atoms in total. The number of hydrogen-bond donors (Lipinski definition) is 1. The van der Waals surface area contributed by atoms with Gasteiger partial charge in [-0.15, -0.1) is 0 Å². The summed E-state index contributed by atoms with van der Waals surface area (Å²) in [6.45, 7) is 0.871. The van der Waals surface area contributed by atoms with Crippen molar-refractivity contribution in [1.29, 1.82) is 0 Å². The fraction of sp³-hybridized carbons (Fsp3) is 0.615. The highest BCUT2D eigenvalue weighted by molar-refractivity contribution is 7.90. The lowest BCUT2D eigenvalue weighted by Gasteiger charge is -2.21. The Morgan fingerprint density at radius 3 is 2.79 bits per heavy atom. The smallest absolute Gasteiger partial charge is 0.149 e. The summed E-state index contributed by atoms with van der Waals surface area (Å²) in [5.74, 6) is 0.957. The van der Waals surface area contributed by atoms with Gasteiger partial charge in [0.25, 0.3) is 0 Å². The Labute approximate surface area is 114 Å². The minimum absolute atomic E-state index is 0.131. The second kappa shape index (κ2) is 5.46. The molecule has 106 valence electrons. The lowest BCUT2D eigenvalue weighted by molar-refractivity contribution is 0.601. The second-order valence-corrected chi connectivity index (χ2v) is 7.45. The molecule has 0 spiro atoms. The average molecular weight is 283 g/mol. The predicted octanol–water partition coefficient (Wildman–Crippen LogP) is 0.510. The first kappa shape index (κ1) is 14.3. The van der Waals surface area contributed by atoms with E-state index >= 15 is 0 Å². The number of hydrogen-bond acceptors (Lipinski definition) is 5. The van der Waals surface area contributed by atoms with Gasteiger partial charge in [0.15, 0.2) is 0 Å². The highest BCUT2D eigenvalue weighted by atomic mass is 32.2. The number of nitrogens with two attached hydrogens (primary N) is 1. The van der Waals surface area contributed by atoms with Crippen molar-refractivity contribution in [2.45, 2.75) is 25.8 Å². The molecule has 0 aliphatic heterocycles. The van der Waals surface area contributed by atoms with E-state index < -0.39 is 9.84 Å². The quantitative estimate of drug-likeness (QED) is 0.852. The molecule has 1 aliphatic carbocycles. The number of sulfone groups is 1. The molecule has 2 N–H and O–H groups in total. The SMILES string of the molecule is CN(CCS(C)(=O)=O)c1nc2c(cc1CN)CCC2. The normalized spacial score (nSPS) is 14.5. The Bertz CT molecular complexity index is 569. The monoisotopic (exact) mass is 283 g/mol. The van der Waals surface area contributed by atoms with E-state index in [9.17, 15) is 8.42 Å². The van der Waals surface area contributed by atoms with Gasteiger partial charge in [0.05, 0.1) is 5.75 Å². The predicted molar refractivity (Wildman–Crippen MR) is 77.1 cm³/mol. The molecule has 1 aliphatic rings. The van der Waals surface area contributed by atoms with Crippen LogP contribution < -0.4 is 10.6 Å². The summed E-state index contributed by atoms with van der Waals surface area (Å²) in [6.07, 6.45) is 4.47. The van der Waals surface area contributed by atoms with Gasteiger partial charge in [-0.3, -0.25) is 0 Å². The molecule has 0 fully saturated rings. The van der Waals surface area contributed by atoms with Crippen LogP contribution in [0.1, 0.15) is 23.2 Å². The van der Waals surface area contributed by atoms with Crippen LogP contribution in [-0.4, -0.2) is 39.0 Å². The van der Waals surface area contributed by atoms with E-state index in [-0.39, 0.29) is 5.75 Å². The lowest BCUT2D eigenvalue weighted by atomic mass is 10.1. The Morgan fingerprint density at radius 1 is 1.42 bits per heavy atom. The lowest BCUT2D eigenvalue weighted by Crippen LogP contribution is -2.27. The number of pyridine rings is 1. The third kappa shape index (κ3) is 3.45. The summed E-state index contributed by atoms with van der Waals surface area (Å²) in [7, 11) is -1.09. The van der Waals surface area contributed by atoms with Crippen molar-refractivity contribution in [3.8, 4) is 0 Å². The van der Waals surface area contributed by atoms with Crippen LogP contribution in [0.4, 0.5) is 5.82 Å². The maximum absolute atomic E-state index is 11.2. The van der Waals surface area contributed by atoms with E-state index in [0.29, 0.717) is 13.1 Å². The molecule has 2 rings (SSSR count). The first-order valence-electron chi connectivity index (χ1n) is 6.51. The molecule has 1 heterocycles. The van der Waals surface area contributed by atoms with Crippen molar-refractivity contribution < 1.29 is 8.42 Å². The fourth-order valence-corrected chi connectivity index (χ4v) is 3.00. The molecule has 0 aromatic carbocycles. The molecule has 1 aromatic rings. The van der Waals surface area contributed by atoms with E-state index in [2.05, 4.69) is 11.1 Å². The van der Waals surface area contributed by atoms with Gasteiger partial charge in [0.1, 0.15) is 15.7 Å². The number of rotatable bonds is 5. The minimum Gasteiger partial charge on any atom is -0.358 e. The zero-order chi connectivity index (χ0) is 14.0. The summed E-state index contributed by atoms with van der Waals surface area (Å²) < 4.78 is 22.5. The Morgan fingerprint density at radius 2 is 2.16 bits per heavy atom. The third-order valence-corrected chi connectivity index (χ3v) is 4.41. The number of nitrogens with zero attached hydrogens (tertiary/aromatic N) is 2. The van der Waals surface area contributed by atoms with Gasteiger partial charge in [-0.2, -0.15) is 0 Å². The van der Waals surface area contributed by atoms with Gasteiger partial charge in [0, 0.05) is 37.7 Å². The molecule has 0 radical (unpaired) electrons. The maximum atomic E-state index is 11.2. The van der Waals surface area contributed by atoms with Gasteiger partial charge in [-0.25, -0.2) is 13.4 Å². The summed E-state index contributed by atoms with van der Waals surface area (Å²) in [5.41, 5.74) is 9.21. The molecule has 0 bridgehead atoms. The van der Waals surface area contributed by atoms with Crippen LogP contribution in [-0.2, 0) is 29.2 Å². The molecular formula is C13H21N3O2S. The highest BCUT2D eigenvalue weighted by Gasteiger charge is 2.18. The molecule has 1 aromatic heterocycles. The van der Waals surface area contributed by atoms with Crippen molar-refractivity contribution in [2.75, 3.05) is 30.5 Å². The van der Waals surface area contributed by atoms with E-state index in [1.807, 2.05) is 11.9 Å². The van der Waals surface area contributed by atoms with E-state index in [1.165, 1.54) is 11.8 Å². The zero-order valence-corrected chi connectivity index (χ0v) is 12.3. The topological polar surface area (TPSA) is 76.3 Å². The summed E-state index contributed by atoms with van der Waals surface area (Å²) in [6, 6.07) is 2.13. The number of aryl methyl sites for hydroxylation is 2. The third-order valence-electron chi connectivity index (χ3n) is 3.49. The van der Waals surface area contributed by atoms with Crippen LogP contribution in [0.25, 0.3) is 0 Å². The molecule has 0 unspecified atom stereocenters. The van der Waals surface area contributed by atoms with E-state index in [0.717, 1.165) is 36.3 Å². The van der Waals surface area contributed by atoms with Crippen LogP contribution >= 0.6 is 0 Å². The Kier molecular flexibility index (Phi) is 4.10. The molecule has 19 heavy (non-hydrogen) atoms. The molecule has 0 saturated carbocycles. The summed E-state index contributed by atoms with van der Waals surface area (Å²) in [5, 5.41) is 0. The van der Waals surface area contributed by atoms with Crippen LogP contribution in [0, 0.1) is 0 Å². The summed E-state index contributed by atoms with van der Waals surface area (Å²) in [4.78, 5) is 6.57. The van der Waals surface area contributed by atoms with Crippen LogP contribution in [0.2, 0.25) is 0 Å². The van der Waals surface area contributed by atoms with Gasteiger partial charge in [-0.05, 0) is 30.9 Å². The number of anilines is 1. The molecule has 0 atom stereocenters. The standard InChI is InChI=1S/C13H21N3O2S/c1-16(6-7-19(2,17)18)13-11(9-14)8-10-4-3-5-12(10)15-13/h8H,3-7,9,14H2,1-2H3. The summed E-state index contributed by atoms with van der Waals surface area (Å²) >= 11 is 0. The van der Waals surface area contributed by atoms with Crippen LogP contribution in [0.15, 0.2) is 6.07 Å². The van der Waals surface area contributed by atoms with Crippen LogP contribution in [0.5, 0.6) is 0 Å². The van der Waals surface area contributed by atoms with Gasteiger partial charge in [-0.1, -0.05) is 0 Å². The van der Waals surface area contributed by atoms with Gasteiger partial charge >= 0.3 is 0 Å². The molecule has 0 amide bonds. The van der Waals surface area contributed by atoms with Crippen molar-refractivity contribution in [1.82, 2.24) is 4.98 Å². The fourth-order valence-electron chi connectivity index (χ4n) is 2.40. The second-order valence-electron chi connectivity index (χ2n) is 5.19. The van der Waals surface area contributed by atoms with Crippen molar-refractivity contribution in [3.63, 3.8) is 0 Å². The average Bonchev–Trinajstić information content (AvgIpc) is 2.80. The van der Waals surface area contributed by atoms with Crippen molar-refractivity contribution in [3.05, 3.63) is 22.9 Å². The van der Waals surface area contributed by atoms with Gasteiger partial charge in [0.2, 0.25) is 0 Å². The number of fused-ring (bicyclic) bond motifs is 1. The minimum atomic E-state index is -2.96. The number of aromatic nitrogens is 1. The first-order valence-corrected chi connectivity index (χ1v) is 8.57. The van der Waals surface area contributed by atoms with Gasteiger partial charge < -0.3 is 10.6 Å². The molecule has 0 saturated heterocycles. The van der Waals surface area contributed by atoms with E-state index in [4.69, 9.17) is 5.73 Å². The van der Waals surface area contributed by atoms with Crippen molar-refractivity contribution >= 4 is 15.7 Å². The Hall–Kier alpha value is -1.14. The Balaban J connectivity index is 2.23. The maximum Gasteiger partial charge on any atom is 0.149 e. The van der Waals surface area contributed by atoms with Crippen molar-refractivity contribution in [2.24, 2.45) is 5.73 Å².